The summed E-state index contributed by atoms with van der Waals surface area (Å²) in [5.41, 5.74) is 1.65. The van der Waals surface area contributed by atoms with E-state index in [0.717, 1.165) is 5.56 Å². The third kappa shape index (κ3) is 2.55. The molecule has 1 heterocycles. The summed E-state index contributed by atoms with van der Waals surface area (Å²) in [6, 6.07) is 6.26. The lowest BCUT2D eigenvalue weighted by Crippen LogP contribution is -2.05. The van der Waals surface area contributed by atoms with E-state index in [1.54, 1.807) is 18.6 Å². The lowest BCUT2D eigenvalue weighted by atomic mass is 10.1. The molecule has 0 saturated heterocycles. The normalized spacial score (nSPS) is 12.4. The predicted molar refractivity (Wildman–Crippen MR) is 62.2 cm³/mol. The fourth-order valence-electron chi connectivity index (χ4n) is 1.49. The second-order valence-corrected chi connectivity index (χ2v) is 4.02. The van der Waals surface area contributed by atoms with Crippen LogP contribution in [0.1, 0.15) is 18.5 Å². The first kappa shape index (κ1) is 11.0. The van der Waals surface area contributed by atoms with Crippen molar-refractivity contribution in [1.82, 2.24) is 0 Å². The van der Waals surface area contributed by atoms with Crippen molar-refractivity contribution < 1.29 is 8.81 Å². The van der Waals surface area contributed by atoms with Gasteiger partial charge in [0.2, 0.25) is 0 Å². The van der Waals surface area contributed by atoms with E-state index in [0.29, 0.717) is 10.7 Å². The maximum Gasteiger partial charge on any atom is 0.126 e. The summed E-state index contributed by atoms with van der Waals surface area (Å²) in [4.78, 5) is 0. The van der Waals surface area contributed by atoms with Gasteiger partial charge in [-0.05, 0) is 31.2 Å². The number of benzene rings is 1. The van der Waals surface area contributed by atoms with Crippen LogP contribution in [0, 0.1) is 5.82 Å². The van der Waals surface area contributed by atoms with Crippen molar-refractivity contribution in [2.75, 3.05) is 5.32 Å². The van der Waals surface area contributed by atoms with Crippen LogP contribution in [0.15, 0.2) is 41.2 Å². The molecular weight excluding hydrogens is 229 g/mol. The highest BCUT2D eigenvalue weighted by molar-refractivity contribution is 6.30. The monoisotopic (exact) mass is 239 g/mol. The van der Waals surface area contributed by atoms with Crippen LogP contribution < -0.4 is 5.32 Å². The molecule has 0 fully saturated rings. The van der Waals surface area contributed by atoms with Crippen molar-refractivity contribution in [2.24, 2.45) is 0 Å². The third-order valence-corrected chi connectivity index (χ3v) is 2.51. The van der Waals surface area contributed by atoms with Crippen LogP contribution in [0.5, 0.6) is 0 Å². The molecule has 0 aliphatic rings. The molecule has 0 aliphatic carbocycles. The Bertz CT molecular complexity index is 450. The first-order valence-corrected chi connectivity index (χ1v) is 5.27. The summed E-state index contributed by atoms with van der Waals surface area (Å²) >= 11 is 5.76. The van der Waals surface area contributed by atoms with Crippen molar-refractivity contribution in [3.63, 3.8) is 0 Å². The Hall–Kier alpha value is -1.48. The third-order valence-electron chi connectivity index (χ3n) is 2.29. The zero-order valence-electron chi connectivity index (χ0n) is 8.71. The molecular formula is C12H11ClFNO. The standard InChI is InChI=1S/C12H11ClFNO/c1-8(9-2-3-16-7-9)15-12-5-10(13)4-11(14)6-12/h2-8,15H,1H3. The number of hydrogen-bond acceptors (Lipinski definition) is 2. The zero-order valence-corrected chi connectivity index (χ0v) is 9.46. The average molecular weight is 240 g/mol. The van der Waals surface area contributed by atoms with Crippen LogP contribution >= 0.6 is 11.6 Å². The van der Waals surface area contributed by atoms with E-state index in [2.05, 4.69) is 5.32 Å². The Kier molecular flexibility index (Phi) is 3.15. The van der Waals surface area contributed by atoms with Gasteiger partial charge in [0.25, 0.3) is 0 Å². The van der Waals surface area contributed by atoms with Crippen LogP contribution in [-0.4, -0.2) is 0 Å². The summed E-state index contributed by atoms with van der Waals surface area (Å²) in [5.74, 6) is -0.352. The first-order valence-electron chi connectivity index (χ1n) is 4.90. The van der Waals surface area contributed by atoms with E-state index in [4.69, 9.17) is 16.0 Å². The Morgan fingerprint density at radius 2 is 2.19 bits per heavy atom. The van der Waals surface area contributed by atoms with Crippen molar-refractivity contribution in [3.8, 4) is 0 Å². The molecule has 1 unspecified atom stereocenters. The summed E-state index contributed by atoms with van der Waals surface area (Å²) in [6.45, 7) is 1.96. The predicted octanol–water partition coefficient (Wildman–Crippen LogP) is 4.25. The number of hydrogen-bond donors (Lipinski definition) is 1. The molecule has 0 amide bonds. The van der Waals surface area contributed by atoms with Gasteiger partial charge in [0.05, 0.1) is 18.6 Å². The molecule has 0 saturated carbocycles. The van der Waals surface area contributed by atoms with E-state index in [1.807, 2.05) is 13.0 Å². The van der Waals surface area contributed by atoms with Crippen molar-refractivity contribution in [3.05, 3.63) is 53.2 Å². The SMILES string of the molecule is CC(Nc1cc(F)cc(Cl)c1)c1ccoc1. The van der Waals surface area contributed by atoms with Crippen LogP contribution in [0.25, 0.3) is 0 Å². The number of anilines is 1. The summed E-state index contributed by atoms with van der Waals surface area (Å²) in [6.07, 6.45) is 3.25. The summed E-state index contributed by atoms with van der Waals surface area (Å²) < 4.78 is 18.1. The number of nitrogens with one attached hydrogen (secondary N) is 1. The second-order valence-electron chi connectivity index (χ2n) is 3.58. The zero-order chi connectivity index (χ0) is 11.5. The van der Waals surface area contributed by atoms with Gasteiger partial charge < -0.3 is 9.73 Å². The van der Waals surface area contributed by atoms with Crippen molar-refractivity contribution in [1.29, 1.82) is 0 Å². The molecule has 2 aromatic rings. The molecule has 0 radical (unpaired) electrons. The quantitative estimate of drug-likeness (QED) is 0.867. The molecule has 2 rings (SSSR count). The van der Waals surface area contributed by atoms with E-state index >= 15 is 0 Å². The Labute approximate surface area is 98.0 Å². The van der Waals surface area contributed by atoms with Gasteiger partial charge in [0.1, 0.15) is 5.82 Å². The largest absolute Gasteiger partial charge is 0.472 e. The van der Waals surface area contributed by atoms with Gasteiger partial charge in [-0.2, -0.15) is 0 Å². The van der Waals surface area contributed by atoms with Crippen molar-refractivity contribution in [2.45, 2.75) is 13.0 Å². The lowest BCUT2D eigenvalue weighted by Gasteiger charge is -2.13. The second kappa shape index (κ2) is 4.58. The minimum absolute atomic E-state index is 0.0385. The molecule has 2 nitrogen and oxygen atoms in total. The van der Waals surface area contributed by atoms with Gasteiger partial charge in [-0.3, -0.25) is 0 Å². The summed E-state index contributed by atoms with van der Waals surface area (Å²) in [5, 5.41) is 3.52. The summed E-state index contributed by atoms with van der Waals surface area (Å²) in [7, 11) is 0. The number of rotatable bonds is 3. The highest BCUT2D eigenvalue weighted by Crippen LogP contribution is 2.23. The molecule has 1 aromatic heterocycles. The molecule has 4 heteroatoms. The van der Waals surface area contributed by atoms with Crippen LogP contribution in [0.4, 0.5) is 10.1 Å². The Morgan fingerprint density at radius 1 is 1.38 bits per heavy atom. The Balaban J connectivity index is 2.15. The van der Waals surface area contributed by atoms with Crippen LogP contribution in [0.2, 0.25) is 5.02 Å². The molecule has 1 atom stereocenters. The van der Waals surface area contributed by atoms with Gasteiger partial charge in [-0.1, -0.05) is 11.6 Å². The molecule has 16 heavy (non-hydrogen) atoms. The fourth-order valence-corrected chi connectivity index (χ4v) is 1.71. The average Bonchev–Trinajstić information content (AvgIpc) is 2.68. The lowest BCUT2D eigenvalue weighted by molar-refractivity contribution is 0.562. The van der Waals surface area contributed by atoms with Crippen LogP contribution in [0.3, 0.4) is 0 Å². The molecule has 0 aliphatic heterocycles. The molecule has 84 valence electrons. The van der Waals surface area contributed by atoms with Gasteiger partial charge in [0.15, 0.2) is 0 Å². The Morgan fingerprint density at radius 3 is 2.81 bits per heavy atom. The topological polar surface area (TPSA) is 25.2 Å². The molecule has 1 N–H and O–H groups in total. The smallest absolute Gasteiger partial charge is 0.126 e. The van der Waals surface area contributed by atoms with E-state index < -0.39 is 0 Å². The minimum Gasteiger partial charge on any atom is -0.472 e. The highest BCUT2D eigenvalue weighted by Gasteiger charge is 2.07. The van der Waals surface area contributed by atoms with Gasteiger partial charge >= 0.3 is 0 Å². The van der Waals surface area contributed by atoms with Crippen LogP contribution in [-0.2, 0) is 0 Å². The maximum absolute atomic E-state index is 13.1. The highest BCUT2D eigenvalue weighted by atomic mass is 35.5. The van der Waals surface area contributed by atoms with Gasteiger partial charge in [-0.25, -0.2) is 4.39 Å². The molecule has 1 aromatic carbocycles. The number of halogens is 2. The minimum atomic E-state index is -0.352. The maximum atomic E-state index is 13.1. The van der Waals surface area contributed by atoms with Gasteiger partial charge in [0, 0.05) is 16.3 Å². The van der Waals surface area contributed by atoms with Gasteiger partial charge in [-0.15, -0.1) is 0 Å². The molecule has 0 bridgehead atoms. The van der Waals surface area contributed by atoms with E-state index in [9.17, 15) is 4.39 Å². The van der Waals surface area contributed by atoms with Crippen molar-refractivity contribution >= 4 is 17.3 Å². The number of furan rings is 1. The first-order chi connectivity index (χ1) is 7.65. The fraction of sp³-hybridized carbons (Fsp3) is 0.167. The molecule has 0 spiro atoms. The van der Waals surface area contributed by atoms with E-state index in [1.165, 1.54) is 12.1 Å². The van der Waals surface area contributed by atoms with E-state index in [-0.39, 0.29) is 11.9 Å².